The number of rotatable bonds is 2. The highest BCUT2D eigenvalue weighted by atomic mass is 16.1. The number of hydrogen-bond acceptors (Lipinski definition) is 2. The van der Waals surface area contributed by atoms with Gasteiger partial charge in [0, 0.05) is 11.9 Å². The van der Waals surface area contributed by atoms with Gasteiger partial charge in [-0.2, -0.15) is 0 Å². The third kappa shape index (κ3) is 1.82. The molecule has 0 spiro atoms. The van der Waals surface area contributed by atoms with Gasteiger partial charge in [-0.25, -0.2) is 4.98 Å². The van der Waals surface area contributed by atoms with Gasteiger partial charge in [0.05, 0.1) is 0 Å². The van der Waals surface area contributed by atoms with Crippen molar-refractivity contribution in [1.82, 2.24) is 9.55 Å². The summed E-state index contributed by atoms with van der Waals surface area (Å²) in [5.41, 5.74) is 8.74. The summed E-state index contributed by atoms with van der Waals surface area (Å²) < 4.78 is 1.81. The molecule has 1 amide bonds. The van der Waals surface area contributed by atoms with E-state index in [1.807, 2.05) is 36.6 Å². The Labute approximate surface area is 93.7 Å². The molecule has 16 heavy (non-hydrogen) atoms. The Morgan fingerprint density at radius 1 is 1.38 bits per heavy atom. The van der Waals surface area contributed by atoms with Crippen molar-refractivity contribution < 1.29 is 4.79 Å². The maximum absolute atomic E-state index is 10.9. The van der Waals surface area contributed by atoms with E-state index in [-0.39, 0.29) is 5.69 Å². The van der Waals surface area contributed by atoms with Gasteiger partial charge in [-0.15, -0.1) is 0 Å². The summed E-state index contributed by atoms with van der Waals surface area (Å²) in [6.45, 7) is 4.04. The molecule has 0 atom stereocenters. The molecule has 4 heteroatoms. The van der Waals surface area contributed by atoms with Crippen LogP contribution in [0, 0.1) is 13.8 Å². The summed E-state index contributed by atoms with van der Waals surface area (Å²) in [6, 6.07) is 6.13. The van der Waals surface area contributed by atoms with E-state index in [2.05, 4.69) is 4.98 Å². The molecule has 1 aromatic carbocycles. The number of primary amides is 1. The molecular formula is C12H13N3O. The summed E-state index contributed by atoms with van der Waals surface area (Å²) in [4.78, 5) is 14.9. The molecule has 2 N–H and O–H groups in total. The topological polar surface area (TPSA) is 60.9 Å². The first kappa shape index (κ1) is 10.4. The molecule has 0 unspecified atom stereocenters. The van der Waals surface area contributed by atoms with Crippen LogP contribution in [-0.4, -0.2) is 15.5 Å². The molecule has 2 rings (SSSR count). The fraction of sp³-hybridized carbons (Fsp3) is 0.167. The van der Waals surface area contributed by atoms with E-state index in [4.69, 9.17) is 5.73 Å². The number of amides is 1. The third-order valence-corrected chi connectivity index (χ3v) is 2.48. The molecule has 0 bridgehead atoms. The minimum Gasteiger partial charge on any atom is -0.364 e. The Morgan fingerprint density at radius 2 is 2.12 bits per heavy atom. The molecule has 0 fully saturated rings. The quantitative estimate of drug-likeness (QED) is 0.826. The molecule has 0 saturated carbocycles. The number of nitrogens with two attached hydrogens (primary N) is 1. The molecule has 2 aromatic rings. The van der Waals surface area contributed by atoms with Gasteiger partial charge in [-0.3, -0.25) is 4.79 Å². The van der Waals surface area contributed by atoms with Crippen LogP contribution in [0.4, 0.5) is 0 Å². The van der Waals surface area contributed by atoms with Crippen LogP contribution in [0.2, 0.25) is 0 Å². The second kappa shape index (κ2) is 3.81. The standard InChI is InChI=1S/C12H13N3O/c1-8-3-4-9(2)11(5-8)15-6-10(12(13)16)14-7-15/h3-7H,1-2H3,(H2,13,16). The Kier molecular flexibility index (Phi) is 2.48. The van der Waals surface area contributed by atoms with Crippen molar-refractivity contribution in [3.8, 4) is 5.69 Å². The van der Waals surface area contributed by atoms with Crippen molar-refractivity contribution in [1.29, 1.82) is 0 Å². The highest BCUT2D eigenvalue weighted by Gasteiger charge is 2.07. The minimum absolute atomic E-state index is 0.279. The van der Waals surface area contributed by atoms with Gasteiger partial charge in [-0.1, -0.05) is 12.1 Å². The number of hydrogen-bond donors (Lipinski definition) is 1. The van der Waals surface area contributed by atoms with Gasteiger partial charge < -0.3 is 10.3 Å². The van der Waals surface area contributed by atoms with Crippen LogP contribution in [0.15, 0.2) is 30.7 Å². The van der Waals surface area contributed by atoms with Crippen molar-refractivity contribution in [2.75, 3.05) is 0 Å². The number of imidazole rings is 1. The van der Waals surface area contributed by atoms with Crippen LogP contribution >= 0.6 is 0 Å². The average Bonchev–Trinajstić information content (AvgIpc) is 2.70. The zero-order chi connectivity index (χ0) is 11.7. The van der Waals surface area contributed by atoms with Crippen molar-refractivity contribution in [3.05, 3.63) is 47.5 Å². The fourth-order valence-corrected chi connectivity index (χ4v) is 1.58. The van der Waals surface area contributed by atoms with Crippen molar-refractivity contribution in [3.63, 3.8) is 0 Å². The van der Waals surface area contributed by atoms with E-state index < -0.39 is 5.91 Å². The SMILES string of the molecule is Cc1ccc(C)c(-n2cnc(C(N)=O)c2)c1. The first-order valence-corrected chi connectivity index (χ1v) is 4.99. The van der Waals surface area contributed by atoms with Gasteiger partial charge in [-0.05, 0) is 31.0 Å². The Hall–Kier alpha value is -2.10. The fourth-order valence-electron chi connectivity index (χ4n) is 1.58. The normalized spacial score (nSPS) is 10.4. The first-order valence-electron chi connectivity index (χ1n) is 4.99. The molecule has 1 heterocycles. The number of carbonyl (C=O) groups excluding carboxylic acids is 1. The van der Waals surface area contributed by atoms with Crippen LogP contribution in [-0.2, 0) is 0 Å². The van der Waals surface area contributed by atoms with E-state index >= 15 is 0 Å². The summed E-state index contributed by atoms with van der Waals surface area (Å²) in [7, 11) is 0. The molecule has 0 aliphatic rings. The Balaban J connectivity index is 2.50. The van der Waals surface area contributed by atoms with Crippen molar-refractivity contribution in [2.45, 2.75) is 13.8 Å². The highest BCUT2D eigenvalue weighted by Crippen LogP contribution is 2.16. The number of carbonyl (C=O) groups is 1. The average molecular weight is 215 g/mol. The van der Waals surface area contributed by atoms with E-state index in [0.717, 1.165) is 16.8 Å². The number of aryl methyl sites for hydroxylation is 2. The van der Waals surface area contributed by atoms with Gasteiger partial charge >= 0.3 is 0 Å². The number of benzene rings is 1. The number of nitrogens with zero attached hydrogens (tertiary/aromatic N) is 2. The van der Waals surface area contributed by atoms with Gasteiger partial charge in [0.15, 0.2) is 0 Å². The van der Waals surface area contributed by atoms with Crippen LogP contribution < -0.4 is 5.73 Å². The molecular weight excluding hydrogens is 202 g/mol. The molecule has 1 aromatic heterocycles. The lowest BCUT2D eigenvalue weighted by atomic mass is 10.1. The lowest BCUT2D eigenvalue weighted by Gasteiger charge is -2.07. The smallest absolute Gasteiger partial charge is 0.268 e. The van der Waals surface area contributed by atoms with Crippen LogP contribution in [0.3, 0.4) is 0 Å². The van der Waals surface area contributed by atoms with Crippen molar-refractivity contribution >= 4 is 5.91 Å². The summed E-state index contributed by atoms with van der Waals surface area (Å²) in [6.07, 6.45) is 3.24. The predicted molar refractivity (Wildman–Crippen MR) is 61.6 cm³/mol. The summed E-state index contributed by atoms with van der Waals surface area (Å²) >= 11 is 0. The van der Waals surface area contributed by atoms with Gasteiger partial charge in [0.1, 0.15) is 12.0 Å². The molecule has 82 valence electrons. The second-order valence-electron chi connectivity index (χ2n) is 3.82. The predicted octanol–water partition coefficient (Wildman–Crippen LogP) is 1.59. The molecule has 0 radical (unpaired) electrons. The monoisotopic (exact) mass is 215 g/mol. The van der Waals surface area contributed by atoms with Gasteiger partial charge in [0.25, 0.3) is 5.91 Å². The zero-order valence-electron chi connectivity index (χ0n) is 9.27. The second-order valence-corrected chi connectivity index (χ2v) is 3.82. The summed E-state index contributed by atoms with van der Waals surface area (Å²) in [5.74, 6) is -0.510. The lowest BCUT2D eigenvalue weighted by molar-refractivity contribution is 0.0996. The van der Waals surface area contributed by atoms with Crippen LogP contribution in [0.5, 0.6) is 0 Å². The molecule has 0 saturated heterocycles. The maximum Gasteiger partial charge on any atom is 0.268 e. The Bertz CT molecular complexity index is 543. The molecule has 4 nitrogen and oxygen atoms in total. The lowest BCUT2D eigenvalue weighted by Crippen LogP contribution is -2.11. The van der Waals surface area contributed by atoms with E-state index in [1.165, 1.54) is 0 Å². The van der Waals surface area contributed by atoms with E-state index in [9.17, 15) is 4.79 Å². The van der Waals surface area contributed by atoms with Crippen molar-refractivity contribution in [2.24, 2.45) is 5.73 Å². The Morgan fingerprint density at radius 3 is 2.75 bits per heavy atom. The molecule has 0 aliphatic carbocycles. The zero-order valence-corrected chi connectivity index (χ0v) is 9.27. The van der Waals surface area contributed by atoms with E-state index in [0.29, 0.717) is 0 Å². The highest BCUT2D eigenvalue weighted by molar-refractivity contribution is 5.90. The summed E-state index contributed by atoms with van der Waals surface area (Å²) in [5, 5.41) is 0. The number of aromatic nitrogens is 2. The third-order valence-electron chi connectivity index (χ3n) is 2.48. The van der Waals surface area contributed by atoms with E-state index in [1.54, 1.807) is 12.5 Å². The largest absolute Gasteiger partial charge is 0.364 e. The van der Waals surface area contributed by atoms with Crippen LogP contribution in [0.25, 0.3) is 5.69 Å². The molecule has 0 aliphatic heterocycles. The first-order chi connectivity index (χ1) is 7.58. The van der Waals surface area contributed by atoms with Crippen LogP contribution in [0.1, 0.15) is 21.6 Å². The van der Waals surface area contributed by atoms with Gasteiger partial charge in [0.2, 0.25) is 0 Å². The minimum atomic E-state index is -0.510. The maximum atomic E-state index is 10.9.